The van der Waals surface area contributed by atoms with Crippen LogP contribution in [0.15, 0.2) is 42.5 Å². The molecule has 2 saturated heterocycles. The number of rotatable bonds is 4. The van der Waals surface area contributed by atoms with E-state index in [2.05, 4.69) is 0 Å². The molecule has 0 aromatic heterocycles. The molecule has 6 nitrogen and oxygen atoms in total. The van der Waals surface area contributed by atoms with Gasteiger partial charge in [0.2, 0.25) is 11.8 Å². The maximum Gasteiger partial charge on any atom is 0.253 e. The van der Waals surface area contributed by atoms with E-state index in [-0.39, 0.29) is 35.6 Å². The van der Waals surface area contributed by atoms with Crippen molar-refractivity contribution in [3.8, 4) is 0 Å². The van der Waals surface area contributed by atoms with E-state index in [0.717, 1.165) is 11.1 Å². The van der Waals surface area contributed by atoms with Crippen LogP contribution in [0.2, 0.25) is 10.0 Å². The molecule has 0 unspecified atom stereocenters. The summed E-state index contributed by atoms with van der Waals surface area (Å²) in [7, 11) is 1.84. The van der Waals surface area contributed by atoms with Crippen molar-refractivity contribution in [1.82, 2.24) is 14.7 Å². The van der Waals surface area contributed by atoms with Crippen molar-refractivity contribution in [1.29, 1.82) is 0 Å². The van der Waals surface area contributed by atoms with Crippen LogP contribution in [0.4, 0.5) is 0 Å². The van der Waals surface area contributed by atoms with Crippen molar-refractivity contribution in [2.45, 2.75) is 45.1 Å². The first-order valence-electron chi connectivity index (χ1n) is 12.5. The highest BCUT2D eigenvalue weighted by molar-refractivity contribution is 6.42. The summed E-state index contributed by atoms with van der Waals surface area (Å²) >= 11 is 12.6. The van der Waals surface area contributed by atoms with Gasteiger partial charge < -0.3 is 14.7 Å². The SMILES string of the molecule is CC(=O)N1CCC(C(=O)N2CC[C@@H](N(C)C(=O)c3cccc(C)c3)[C@H](c3ccc(Cl)c(Cl)c3)C2)CC1. The van der Waals surface area contributed by atoms with Gasteiger partial charge in [0.05, 0.1) is 10.0 Å². The lowest BCUT2D eigenvalue weighted by Crippen LogP contribution is -2.53. The molecule has 36 heavy (non-hydrogen) atoms. The molecule has 2 fully saturated rings. The number of hydrogen-bond acceptors (Lipinski definition) is 3. The van der Waals surface area contributed by atoms with E-state index in [1.165, 1.54) is 0 Å². The molecule has 3 amide bonds. The number of hydrogen-bond donors (Lipinski definition) is 0. The minimum Gasteiger partial charge on any atom is -0.343 e. The van der Waals surface area contributed by atoms with E-state index in [4.69, 9.17) is 23.2 Å². The van der Waals surface area contributed by atoms with Crippen LogP contribution in [0.5, 0.6) is 0 Å². The van der Waals surface area contributed by atoms with E-state index in [0.29, 0.717) is 61.1 Å². The molecule has 0 spiro atoms. The molecular weight excluding hydrogens is 497 g/mol. The monoisotopic (exact) mass is 529 g/mol. The third kappa shape index (κ3) is 5.70. The highest BCUT2D eigenvalue weighted by atomic mass is 35.5. The number of halogens is 2. The van der Waals surface area contributed by atoms with Crippen LogP contribution in [-0.2, 0) is 9.59 Å². The van der Waals surface area contributed by atoms with Crippen molar-refractivity contribution in [2.24, 2.45) is 5.92 Å². The first-order chi connectivity index (χ1) is 17.2. The van der Waals surface area contributed by atoms with Crippen molar-refractivity contribution in [3.63, 3.8) is 0 Å². The Morgan fingerprint density at radius 1 is 0.917 bits per heavy atom. The van der Waals surface area contributed by atoms with Crippen LogP contribution >= 0.6 is 23.2 Å². The van der Waals surface area contributed by atoms with Crippen molar-refractivity contribution in [3.05, 3.63) is 69.2 Å². The first-order valence-corrected chi connectivity index (χ1v) is 13.2. The van der Waals surface area contributed by atoms with Gasteiger partial charge in [-0.05, 0) is 56.0 Å². The number of aryl methyl sites for hydroxylation is 1. The topological polar surface area (TPSA) is 60.9 Å². The van der Waals surface area contributed by atoms with Crippen LogP contribution in [0.3, 0.4) is 0 Å². The highest BCUT2D eigenvalue weighted by Crippen LogP contribution is 2.35. The average molecular weight is 530 g/mol. The number of piperidine rings is 2. The lowest BCUT2D eigenvalue weighted by molar-refractivity contribution is -0.141. The molecule has 0 radical (unpaired) electrons. The molecular formula is C28H33Cl2N3O3. The van der Waals surface area contributed by atoms with E-state index in [1.54, 1.807) is 17.9 Å². The smallest absolute Gasteiger partial charge is 0.253 e. The lowest BCUT2D eigenvalue weighted by atomic mass is 9.83. The summed E-state index contributed by atoms with van der Waals surface area (Å²) in [6.45, 7) is 5.86. The Labute approximate surface area is 223 Å². The number of likely N-dealkylation sites (tertiary alicyclic amines) is 2. The lowest BCUT2D eigenvalue weighted by Gasteiger charge is -2.44. The summed E-state index contributed by atoms with van der Waals surface area (Å²) in [6, 6.07) is 13.1. The molecule has 0 aliphatic carbocycles. The molecule has 2 aromatic rings. The average Bonchev–Trinajstić information content (AvgIpc) is 2.88. The minimum absolute atomic E-state index is 0.0369. The van der Waals surface area contributed by atoms with Crippen LogP contribution in [0.25, 0.3) is 0 Å². The Morgan fingerprint density at radius 3 is 2.25 bits per heavy atom. The maximum atomic E-state index is 13.5. The van der Waals surface area contributed by atoms with E-state index in [1.807, 2.05) is 60.2 Å². The Balaban J connectivity index is 1.56. The van der Waals surface area contributed by atoms with Gasteiger partial charge in [-0.15, -0.1) is 0 Å². The third-order valence-electron chi connectivity index (χ3n) is 7.63. The summed E-state index contributed by atoms with van der Waals surface area (Å²) in [5.41, 5.74) is 2.65. The van der Waals surface area contributed by atoms with Crippen molar-refractivity contribution in [2.75, 3.05) is 33.2 Å². The van der Waals surface area contributed by atoms with Gasteiger partial charge in [-0.1, -0.05) is 47.0 Å². The molecule has 2 aliphatic rings. The molecule has 2 aliphatic heterocycles. The Kier molecular flexibility index (Phi) is 8.26. The van der Waals surface area contributed by atoms with E-state index in [9.17, 15) is 14.4 Å². The standard InChI is InChI=1S/C28H33Cl2N3O3/c1-18-5-4-6-22(15-18)27(35)31(3)26-11-14-33(17-23(26)21-7-8-24(29)25(30)16-21)28(36)20-9-12-32(13-10-20)19(2)34/h4-8,15-16,20,23,26H,9-14,17H2,1-3H3/t23-,26+/m0/s1. The van der Waals surface area contributed by atoms with Crippen molar-refractivity contribution >= 4 is 40.9 Å². The number of amides is 3. The fourth-order valence-electron chi connectivity index (χ4n) is 5.51. The molecule has 4 rings (SSSR count). The number of benzene rings is 2. The predicted molar refractivity (Wildman–Crippen MR) is 142 cm³/mol. The maximum absolute atomic E-state index is 13.5. The fourth-order valence-corrected chi connectivity index (χ4v) is 5.81. The highest BCUT2D eigenvalue weighted by Gasteiger charge is 2.39. The molecule has 2 aromatic carbocycles. The molecule has 0 bridgehead atoms. The minimum atomic E-state index is -0.103. The zero-order chi connectivity index (χ0) is 26.0. The number of carbonyl (C=O) groups is 3. The fraction of sp³-hybridized carbons (Fsp3) is 0.464. The Morgan fingerprint density at radius 2 is 1.61 bits per heavy atom. The van der Waals surface area contributed by atoms with Crippen LogP contribution in [0, 0.1) is 12.8 Å². The zero-order valence-corrected chi connectivity index (χ0v) is 22.6. The number of carbonyl (C=O) groups excluding carboxylic acids is 3. The predicted octanol–water partition coefficient (Wildman–Crippen LogP) is 5.02. The van der Waals surface area contributed by atoms with Crippen LogP contribution in [0.1, 0.15) is 53.6 Å². The molecule has 2 heterocycles. The normalized spacial score (nSPS) is 20.8. The summed E-state index contributed by atoms with van der Waals surface area (Å²) in [6.07, 6.45) is 2.03. The van der Waals surface area contributed by atoms with Crippen molar-refractivity contribution < 1.29 is 14.4 Å². The summed E-state index contributed by atoms with van der Waals surface area (Å²) < 4.78 is 0. The van der Waals surface area contributed by atoms with Gasteiger partial charge >= 0.3 is 0 Å². The molecule has 0 N–H and O–H groups in total. The largest absolute Gasteiger partial charge is 0.343 e. The summed E-state index contributed by atoms with van der Waals surface area (Å²) in [5, 5.41) is 0.933. The van der Waals surface area contributed by atoms with E-state index >= 15 is 0 Å². The number of likely N-dealkylation sites (N-methyl/N-ethyl adjacent to an activating group) is 1. The van der Waals surface area contributed by atoms with Gasteiger partial charge in [-0.3, -0.25) is 14.4 Å². The van der Waals surface area contributed by atoms with Gasteiger partial charge in [-0.25, -0.2) is 0 Å². The molecule has 8 heteroatoms. The van der Waals surface area contributed by atoms with Gasteiger partial charge in [0.1, 0.15) is 0 Å². The van der Waals surface area contributed by atoms with Gasteiger partial charge in [-0.2, -0.15) is 0 Å². The molecule has 0 saturated carbocycles. The van der Waals surface area contributed by atoms with Gasteiger partial charge in [0.15, 0.2) is 0 Å². The van der Waals surface area contributed by atoms with E-state index < -0.39 is 0 Å². The number of nitrogens with zero attached hydrogens (tertiary/aromatic N) is 3. The third-order valence-corrected chi connectivity index (χ3v) is 8.37. The quantitative estimate of drug-likeness (QED) is 0.558. The second kappa shape index (κ2) is 11.2. The Bertz CT molecular complexity index is 1150. The molecule has 2 atom stereocenters. The summed E-state index contributed by atoms with van der Waals surface area (Å²) in [5.74, 6) is -0.0333. The second-order valence-corrected chi connectivity index (χ2v) is 10.8. The van der Waals surface area contributed by atoms with Crippen LogP contribution < -0.4 is 0 Å². The zero-order valence-electron chi connectivity index (χ0n) is 21.0. The Hall–Kier alpha value is -2.57. The second-order valence-electron chi connectivity index (χ2n) is 9.99. The molecule has 192 valence electrons. The van der Waals surface area contributed by atoms with Gasteiger partial charge in [0.25, 0.3) is 5.91 Å². The first kappa shape index (κ1) is 26.5. The summed E-state index contributed by atoms with van der Waals surface area (Å²) in [4.78, 5) is 44.1. The van der Waals surface area contributed by atoms with Crippen LogP contribution in [-0.4, -0.2) is 71.7 Å². The van der Waals surface area contributed by atoms with Gasteiger partial charge in [0, 0.05) is 63.6 Å².